The maximum atomic E-state index is 14.0. The Kier molecular flexibility index (Phi) is 14.0. The molecule has 0 spiro atoms. The Balaban J connectivity index is 0.00000124. The summed E-state index contributed by atoms with van der Waals surface area (Å²) in [4.78, 5) is 48.1. The molecular weight excluding hydrogens is 564 g/mol. The summed E-state index contributed by atoms with van der Waals surface area (Å²) < 4.78 is 11.3. The minimum atomic E-state index is -0.833. The number of amides is 3. The molecule has 11 heteroatoms. The van der Waals surface area contributed by atoms with E-state index in [0.29, 0.717) is 69.3 Å². The number of hydrogen-bond acceptors (Lipinski definition) is 7. The molecule has 3 amide bonds. The molecule has 1 atom stereocenters. The van der Waals surface area contributed by atoms with E-state index in [1.165, 1.54) is 0 Å². The summed E-state index contributed by atoms with van der Waals surface area (Å²) in [5, 5.41) is 19.8. The fraction of sp³-hybridized carbons (Fsp3) is 0.515. The van der Waals surface area contributed by atoms with Crippen molar-refractivity contribution in [2.75, 3.05) is 46.4 Å². The number of fused-ring (bicyclic) bond motifs is 2. The number of methoxy groups -OCH3 is 1. The third kappa shape index (κ3) is 12.2. The lowest BCUT2D eigenvalue weighted by Gasteiger charge is -2.33. The van der Waals surface area contributed by atoms with Crippen molar-refractivity contribution in [2.45, 2.75) is 51.9 Å². The fourth-order valence-corrected chi connectivity index (χ4v) is 5.16. The monoisotopic (exact) mass is 610 g/mol. The van der Waals surface area contributed by atoms with E-state index in [-0.39, 0.29) is 30.9 Å². The number of ether oxygens (including phenoxy) is 2. The van der Waals surface area contributed by atoms with Crippen molar-refractivity contribution in [3.8, 4) is 11.5 Å². The lowest BCUT2D eigenvalue weighted by molar-refractivity contribution is -0.134. The van der Waals surface area contributed by atoms with Crippen molar-refractivity contribution in [2.24, 2.45) is 11.3 Å². The highest BCUT2D eigenvalue weighted by Crippen LogP contribution is 2.43. The maximum absolute atomic E-state index is 14.0. The van der Waals surface area contributed by atoms with Crippen molar-refractivity contribution in [3.63, 3.8) is 0 Å². The number of nitrogens with one attached hydrogen (secondary N) is 4. The van der Waals surface area contributed by atoms with Crippen molar-refractivity contribution in [1.82, 2.24) is 21.3 Å². The predicted molar refractivity (Wildman–Crippen MR) is 167 cm³/mol. The molecule has 2 bridgehead atoms. The molecule has 0 radical (unpaired) electrons. The van der Waals surface area contributed by atoms with Gasteiger partial charge in [-0.05, 0) is 61.4 Å². The third-order valence-corrected chi connectivity index (χ3v) is 7.53. The number of benzene rings is 2. The van der Waals surface area contributed by atoms with Gasteiger partial charge in [-0.3, -0.25) is 19.2 Å². The summed E-state index contributed by atoms with van der Waals surface area (Å²) in [7, 11) is 1.55. The Hall–Kier alpha value is -4.12. The Morgan fingerprint density at radius 2 is 1.80 bits per heavy atom. The smallest absolute Gasteiger partial charge is 0.300 e. The minimum Gasteiger partial charge on any atom is -0.493 e. The number of rotatable bonds is 7. The molecule has 2 aromatic rings. The van der Waals surface area contributed by atoms with Crippen LogP contribution in [0.4, 0.5) is 0 Å². The van der Waals surface area contributed by atoms with E-state index in [2.05, 4.69) is 33.4 Å². The number of aliphatic carboxylic acids is 1. The molecule has 240 valence electrons. The molecule has 4 rings (SSSR count). The Labute approximate surface area is 259 Å². The first kappa shape index (κ1) is 34.4. The largest absolute Gasteiger partial charge is 0.493 e. The van der Waals surface area contributed by atoms with Gasteiger partial charge in [0.15, 0.2) is 18.1 Å². The van der Waals surface area contributed by atoms with Gasteiger partial charge in [-0.1, -0.05) is 49.2 Å². The Bertz CT molecular complexity index is 1230. The van der Waals surface area contributed by atoms with Gasteiger partial charge in [0.25, 0.3) is 11.9 Å². The van der Waals surface area contributed by atoms with Crippen LogP contribution < -0.4 is 30.7 Å². The summed E-state index contributed by atoms with van der Waals surface area (Å²) >= 11 is 0. The average molecular weight is 611 g/mol. The van der Waals surface area contributed by atoms with E-state index in [1.54, 1.807) is 13.2 Å². The minimum absolute atomic E-state index is 0.0515. The molecule has 11 nitrogen and oxygen atoms in total. The number of carboxylic acid groups (broad SMARTS) is 1. The molecule has 44 heavy (non-hydrogen) atoms. The van der Waals surface area contributed by atoms with Crippen molar-refractivity contribution in [1.29, 1.82) is 0 Å². The summed E-state index contributed by atoms with van der Waals surface area (Å²) in [5.41, 5.74) is 1.22. The van der Waals surface area contributed by atoms with Crippen LogP contribution in [0.1, 0.15) is 50.2 Å². The highest BCUT2D eigenvalue weighted by Gasteiger charge is 2.43. The zero-order valence-electron chi connectivity index (χ0n) is 25.8. The summed E-state index contributed by atoms with van der Waals surface area (Å²) in [6.07, 6.45) is 5.06. The molecule has 1 unspecified atom stereocenters. The molecule has 2 aromatic carbocycles. The predicted octanol–water partition coefficient (Wildman–Crippen LogP) is 2.47. The zero-order valence-corrected chi connectivity index (χ0v) is 25.8. The van der Waals surface area contributed by atoms with Crippen LogP contribution in [0, 0.1) is 11.3 Å². The highest BCUT2D eigenvalue weighted by atomic mass is 16.5. The third-order valence-electron chi connectivity index (χ3n) is 7.53. The van der Waals surface area contributed by atoms with Gasteiger partial charge in [0.1, 0.15) is 0 Å². The normalized spacial score (nSPS) is 19.8. The summed E-state index contributed by atoms with van der Waals surface area (Å²) in [6.45, 7) is 3.45. The van der Waals surface area contributed by atoms with E-state index in [9.17, 15) is 14.4 Å². The Morgan fingerprint density at radius 1 is 1.05 bits per heavy atom. The van der Waals surface area contributed by atoms with Crippen LogP contribution in [0.5, 0.6) is 11.5 Å². The highest BCUT2D eigenvalue weighted by molar-refractivity contribution is 5.85. The molecule has 1 aliphatic carbocycles. The lowest BCUT2D eigenvalue weighted by Crippen LogP contribution is -2.50. The average Bonchev–Trinajstić information content (AvgIpc) is 3.82. The molecule has 0 saturated heterocycles. The number of carbonyl (C=O) groups excluding carboxylic acids is 3. The standard InChI is InChI=1S/C31H42N4O5.C2H4O2/c1-39-26-12-11-25-18-27(26)40-21-29(37)33-17-16-32-14-5-8-28(36)35-22-31(20-25,19-24-9-10-24)30(38)34-15-13-23-6-3-2-4-7-23;1-2(3)4/h2-4,6-7,11-12,18,24,32H,5,8-10,13-17,19-22H2,1H3,(H,33,37)(H,34,38)(H,35,36);1H3,(H,3,4). The van der Waals surface area contributed by atoms with Gasteiger partial charge in [-0.2, -0.15) is 0 Å². The molecule has 1 fully saturated rings. The van der Waals surface area contributed by atoms with E-state index < -0.39 is 11.4 Å². The van der Waals surface area contributed by atoms with E-state index in [4.69, 9.17) is 19.4 Å². The number of carboxylic acids is 1. The van der Waals surface area contributed by atoms with Gasteiger partial charge in [-0.25, -0.2) is 0 Å². The first-order valence-corrected chi connectivity index (χ1v) is 15.3. The molecule has 1 saturated carbocycles. The second kappa shape index (κ2) is 17.9. The SMILES string of the molecule is CC(=O)O.COc1ccc2cc1OCC(=O)NCCNCCCC(=O)NCC(CC1CC1)(C(=O)NCCc1ccccc1)C2. The van der Waals surface area contributed by atoms with Crippen LogP contribution in [-0.2, 0) is 32.0 Å². The molecule has 2 aliphatic rings. The lowest BCUT2D eigenvalue weighted by atomic mass is 9.75. The topological polar surface area (TPSA) is 155 Å². The zero-order chi connectivity index (χ0) is 31.8. The van der Waals surface area contributed by atoms with Gasteiger partial charge >= 0.3 is 0 Å². The quantitative estimate of drug-likeness (QED) is 0.320. The van der Waals surface area contributed by atoms with Gasteiger partial charge < -0.3 is 35.8 Å². The molecule has 5 N–H and O–H groups in total. The van der Waals surface area contributed by atoms with Gasteiger partial charge in [-0.15, -0.1) is 0 Å². The Morgan fingerprint density at radius 3 is 2.50 bits per heavy atom. The van der Waals surface area contributed by atoms with Crippen molar-refractivity contribution in [3.05, 3.63) is 59.7 Å². The van der Waals surface area contributed by atoms with Crippen LogP contribution in [0.25, 0.3) is 0 Å². The summed E-state index contributed by atoms with van der Waals surface area (Å²) in [5.74, 6) is 0.244. The van der Waals surface area contributed by atoms with E-state index in [1.807, 2.05) is 30.3 Å². The summed E-state index contributed by atoms with van der Waals surface area (Å²) in [6, 6.07) is 15.7. The van der Waals surface area contributed by atoms with Gasteiger partial charge in [0.05, 0.1) is 12.5 Å². The fourth-order valence-electron chi connectivity index (χ4n) is 5.16. The van der Waals surface area contributed by atoms with Gasteiger partial charge in [0, 0.05) is 39.5 Å². The second-order valence-electron chi connectivity index (χ2n) is 11.4. The van der Waals surface area contributed by atoms with Crippen LogP contribution >= 0.6 is 0 Å². The van der Waals surface area contributed by atoms with Gasteiger partial charge in [0.2, 0.25) is 11.8 Å². The van der Waals surface area contributed by atoms with Crippen LogP contribution in [0.2, 0.25) is 0 Å². The number of carbonyl (C=O) groups is 4. The number of hydrogen-bond donors (Lipinski definition) is 5. The molecule has 1 aliphatic heterocycles. The van der Waals surface area contributed by atoms with Crippen LogP contribution in [0.3, 0.4) is 0 Å². The molecular formula is C33H46N4O7. The maximum Gasteiger partial charge on any atom is 0.300 e. The van der Waals surface area contributed by atoms with Crippen LogP contribution in [-0.4, -0.2) is 75.2 Å². The van der Waals surface area contributed by atoms with Crippen LogP contribution in [0.15, 0.2) is 48.5 Å². The van der Waals surface area contributed by atoms with Crippen molar-refractivity contribution >= 4 is 23.7 Å². The van der Waals surface area contributed by atoms with E-state index in [0.717, 1.165) is 37.3 Å². The first-order chi connectivity index (χ1) is 21.2. The molecule has 0 aromatic heterocycles. The molecule has 1 heterocycles. The van der Waals surface area contributed by atoms with E-state index >= 15 is 0 Å². The first-order valence-electron chi connectivity index (χ1n) is 15.3. The van der Waals surface area contributed by atoms with Crippen molar-refractivity contribution < 1.29 is 33.8 Å². The second-order valence-corrected chi connectivity index (χ2v) is 11.4.